The molecule has 1 aliphatic rings. The standard InChI is InChI=1S/C15H15F2N3S/c1-2-3-18-15-12-7-21-8-13(12)19-14(20-15)9-4-10(16)6-11(17)5-9/h4-6H,2-3,7-8H2,1H3,(H,18,19,20). The van der Waals surface area contributed by atoms with Crippen LogP contribution in [0, 0.1) is 11.6 Å². The van der Waals surface area contributed by atoms with Crippen LogP contribution in [0.1, 0.15) is 24.6 Å². The molecule has 1 aliphatic heterocycles. The molecule has 1 aromatic heterocycles. The van der Waals surface area contributed by atoms with Gasteiger partial charge in [-0.05, 0) is 18.6 Å². The molecule has 21 heavy (non-hydrogen) atoms. The summed E-state index contributed by atoms with van der Waals surface area (Å²) in [6, 6.07) is 3.37. The molecule has 6 heteroatoms. The van der Waals surface area contributed by atoms with Crippen molar-refractivity contribution in [3.63, 3.8) is 0 Å². The van der Waals surface area contributed by atoms with Gasteiger partial charge in [0.15, 0.2) is 5.82 Å². The maximum Gasteiger partial charge on any atom is 0.162 e. The second-order valence-corrected chi connectivity index (χ2v) is 5.88. The van der Waals surface area contributed by atoms with E-state index in [1.165, 1.54) is 12.1 Å². The van der Waals surface area contributed by atoms with Gasteiger partial charge in [0.05, 0.1) is 5.69 Å². The molecule has 0 radical (unpaired) electrons. The van der Waals surface area contributed by atoms with Crippen molar-refractivity contribution in [3.8, 4) is 11.4 Å². The lowest BCUT2D eigenvalue weighted by Gasteiger charge is -2.11. The number of fused-ring (bicyclic) bond motifs is 1. The molecular weight excluding hydrogens is 292 g/mol. The minimum absolute atomic E-state index is 0.367. The molecular formula is C15H15F2N3S. The molecule has 0 aliphatic carbocycles. The molecule has 0 saturated carbocycles. The Morgan fingerprint density at radius 1 is 1.14 bits per heavy atom. The van der Waals surface area contributed by atoms with Crippen LogP contribution in [-0.2, 0) is 11.5 Å². The topological polar surface area (TPSA) is 37.8 Å². The molecule has 0 unspecified atom stereocenters. The molecule has 0 saturated heterocycles. The first-order valence-corrected chi connectivity index (χ1v) is 8.00. The number of nitrogens with one attached hydrogen (secondary N) is 1. The normalized spacial score (nSPS) is 13.3. The Morgan fingerprint density at radius 3 is 2.62 bits per heavy atom. The van der Waals surface area contributed by atoms with Crippen LogP contribution >= 0.6 is 11.8 Å². The fraction of sp³-hybridized carbons (Fsp3) is 0.333. The number of aromatic nitrogens is 2. The average molecular weight is 307 g/mol. The van der Waals surface area contributed by atoms with Crippen LogP contribution in [0.2, 0.25) is 0 Å². The predicted molar refractivity (Wildman–Crippen MR) is 81.2 cm³/mol. The third-order valence-electron chi connectivity index (χ3n) is 3.24. The highest BCUT2D eigenvalue weighted by Gasteiger charge is 2.20. The number of hydrogen-bond acceptors (Lipinski definition) is 4. The van der Waals surface area contributed by atoms with Crippen molar-refractivity contribution in [2.75, 3.05) is 11.9 Å². The van der Waals surface area contributed by atoms with E-state index >= 15 is 0 Å². The Balaban J connectivity index is 2.06. The highest BCUT2D eigenvalue weighted by molar-refractivity contribution is 7.98. The summed E-state index contributed by atoms with van der Waals surface area (Å²) in [5.41, 5.74) is 2.43. The van der Waals surface area contributed by atoms with E-state index in [4.69, 9.17) is 0 Å². The van der Waals surface area contributed by atoms with Gasteiger partial charge < -0.3 is 5.32 Å². The van der Waals surface area contributed by atoms with Gasteiger partial charge in [0.25, 0.3) is 0 Å². The predicted octanol–water partition coefficient (Wildman–Crippen LogP) is 3.99. The van der Waals surface area contributed by atoms with Crippen LogP contribution in [0.4, 0.5) is 14.6 Å². The van der Waals surface area contributed by atoms with Crippen molar-refractivity contribution in [3.05, 3.63) is 41.1 Å². The van der Waals surface area contributed by atoms with Crippen LogP contribution in [0.15, 0.2) is 18.2 Å². The van der Waals surface area contributed by atoms with Gasteiger partial charge in [-0.15, -0.1) is 0 Å². The zero-order chi connectivity index (χ0) is 14.8. The monoisotopic (exact) mass is 307 g/mol. The Labute approximate surface area is 126 Å². The third kappa shape index (κ3) is 3.00. The van der Waals surface area contributed by atoms with E-state index in [0.29, 0.717) is 11.4 Å². The fourth-order valence-corrected chi connectivity index (χ4v) is 3.29. The lowest BCUT2D eigenvalue weighted by molar-refractivity contribution is 0.584. The number of benzene rings is 1. The summed E-state index contributed by atoms with van der Waals surface area (Å²) in [5, 5.41) is 3.28. The fourth-order valence-electron chi connectivity index (χ4n) is 2.25. The summed E-state index contributed by atoms with van der Waals surface area (Å²) >= 11 is 1.77. The molecule has 0 spiro atoms. The van der Waals surface area contributed by atoms with E-state index < -0.39 is 11.6 Å². The van der Waals surface area contributed by atoms with Gasteiger partial charge in [-0.2, -0.15) is 11.8 Å². The zero-order valence-corrected chi connectivity index (χ0v) is 12.4. The average Bonchev–Trinajstić information content (AvgIpc) is 2.92. The van der Waals surface area contributed by atoms with Gasteiger partial charge in [-0.1, -0.05) is 6.92 Å². The van der Waals surface area contributed by atoms with E-state index in [-0.39, 0.29) is 0 Å². The van der Waals surface area contributed by atoms with Gasteiger partial charge in [0.2, 0.25) is 0 Å². The minimum Gasteiger partial charge on any atom is -0.370 e. The SMILES string of the molecule is CCCNc1nc(-c2cc(F)cc(F)c2)nc2c1CSC2. The number of nitrogens with zero attached hydrogens (tertiary/aromatic N) is 2. The Hall–Kier alpha value is -1.69. The molecule has 2 aromatic rings. The van der Waals surface area contributed by atoms with Crippen LogP contribution in [0.3, 0.4) is 0 Å². The maximum absolute atomic E-state index is 13.4. The summed E-state index contributed by atoms with van der Waals surface area (Å²) < 4.78 is 26.8. The minimum atomic E-state index is -0.619. The van der Waals surface area contributed by atoms with E-state index in [1.807, 2.05) is 0 Å². The summed E-state index contributed by atoms with van der Waals surface area (Å²) in [6.45, 7) is 2.89. The van der Waals surface area contributed by atoms with Gasteiger partial charge in [0, 0.05) is 35.2 Å². The Bertz CT molecular complexity index is 656. The smallest absolute Gasteiger partial charge is 0.162 e. The largest absolute Gasteiger partial charge is 0.370 e. The van der Waals surface area contributed by atoms with Crippen LogP contribution in [0.5, 0.6) is 0 Å². The molecule has 1 N–H and O–H groups in total. The number of hydrogen-bond donors (Lipinski definition) is 1. The number of rotatable bonds is 4. The number of thioether (sulfide) groups is 1. The molecule has 0 amide bonds. The number of anilines is 1. The molecule has 3 nitrogen and oxygen atoms in total. The van der Waals surface area contributed by atoms with E-state index in [1.54, 1.807) is 11.8 Å². The van der Waals surface area contributed by atoms with Crippen LogP contribution in [0.25, 0.3) is 11.4 Å². The zero-order valence-electron chi connectivity index (χ0n) is 11.6. The van der Waals surface area contributed by atoms with E-state index in [2.05, 4.69) is 22.2 Å². The van der Waals surface area contributed by atoms with Crippen molar-refractivity contribution < 1.29 is 8.78 Å². The summed E-state index contributed by atoms with van der Waals surface area (Å²) in [4.78, 5) is 8.93. The van der Waals surface area contributed by atoms with E-state index in [0.717, 1.165) is 47.6 Å². The molecule has 0 bridgehead atoms. The van der Waals surface area contributed by atoms with Crippen molar-refractivity contribution in [2.45, 2.75) is 24.9 Å². The second kappa shape index (κ2) is 5.97. The van der Waals surface area contributed by atoms with Crippen LogP contribution in [-0.4, -0.2) is 16.5 Å². The summed E-state index contributed by atoms with van der Waals surface area (Å²) in [5.74, 6) is 1.60. The molecule has 2 heterocycles. The highest BCUT2D eigenvalue weighted by Crippen LogP contribution is 2.34. The summed E-state index contributed by atoms with van der Waals surface area (Å²) in [6.07, 6.45) is 0.982. The first kappa shape index (κ1) is 14.3. The first-order chi connectivity index (χ1) is 10.2. The lowest BCUT2D eigenvalue weighted by Crippen LogP contribution is -2.08. The maximum atomic E-state index is 13.4. The van der Waals surface area contributed by atoms with Gasteiger partial charge in [-0.3, -0.25) is 0 Å². The molecule has 0 atom stereocenters. The van der Waals surface area contributed by atoms with Gasteiger partial charge in [0.1, 0.15) is 17.5 Å². The molecule has 110 valence electrons. The quantitative estimate of drug-likeness (QED) is 0.927. The molecule has 3 rings (SSSR count). The number of halogens is 2. The second-order valence-electron chi connectivity index (χ2n) is 4.90. The highest BCUT2D eigenvalue weighted by atomic mass is 32.2. The third-order valence-corrected chi connectivity index (χ3v) is 4.21. The van der Waals surface area contributed by atoms with E-state index in [9.17, 15) is 8.78 Å². The van der Waals surface area contributed by atoms with Crippen molar-refractivity contribution in [1.29, 1.82) is 0 Å². The van der Waals surface area contributed by atoms with Crippen molar-refractivity contribution in [2.24, 2.45) is 0 Å². The first-order valence-electron chi connectivity index (χ1n) is 6.85. The Kier molecular flexibility index (Phi) is 4.05. The molecule has 0 fully saturated rings. The Morgan fingerprint density at radius 2 is 1.90 bits per heavy atom. The van der Waals surface area contributed by atoms with Crippen molar-refractivity contribution >= 4 is 17.6 Å². The lowest BCUT2D eigenvalue weighted by atomic mass is 10.1. The van der Waals surface area contributed by atoms with Gasteiger partial charge >= 0.3 is 0 Å². The van der Waals surface area contributed by atoms with Gasteiger partial charge in [-0.25, -0.2) is 18.7 Å². The van der Waals surface area contributed by atoms with Crippen LogP contribution < -0.4 is 5.32 Å². The summed E-state index contributed by atoms with van der Waals surface area (Å²) in [7, 11) is 0. The van der Waals surface area contributed by atoms with Crippen molar-refractivity contribution in [1.82, 2.24) is 9.97 Å². The molecule has 1 aromatic carbocycles.